The van der Waals surface area contributed by atoms with E-state index in [9.17, 15) is 4.39 Å². The Hall–Kier alpha value is -0.820. The van der Waals surface area contributed by atoms with Crippen LogP contribution in [0.2, 0.25) is 0 Å². The number of benzene rings is 1. The van der Waals surface area contributed by atoms with Crippen LogP contribution >= 0.6 is 27.3 Å². The molecule has 0 fully saturated rings. The number of nitrogens with zero attached hydrogens (tertiary/aromatic N) is 1. The molecule has 1 atom stereocenters. The van der Waals surface area contributed by atoms with Gasteiger partial charge in [0.25, 0.3) is 0 Å². The van der Waals surface area contributed by atoms with Crippen molar-refractivity contribution in [2.24, 2.45) is 5.84 Å². The summed E-state index contributed by atoms with van der Waals surface area (Å²) in [4.78, 5) is 4.65. The van der Waals surface area contributed by atoms with Gasteiger partial charge in [0.1, 0.15) is 5.82 Å². The third kappa shape index (κ3) is 4.10. The van der Waals surface area contributed by atoms with E-state index in [-0.39, 0.29) is 17.3 Å². The van der Waals surface area contributed by atoms with Gasteiger partial charge in [0.2, 0.25) is 0 Å². The zero-order valence-electron chi connectivity index (χ0n) is 12.3. The lowest BCUT2D eigenvalue weighted by atomic mass is 9.93. The van der Waals surface area contributed by atoms with E-state index in [1.54, 1.807) is 17.4 Å². The molecule has 1 aromatic heterocycles. The molecule has 0 spiro atoms. The van der Waals surface area contributed by atoms with Gasteiger partial charge >= 0.3 is 0 Å². The molecule has 0 bridgehead atoms. The molecule has 3 nitrogen and oxygen atoms in total. The second-order valence-electron chi connectivity index (χ2n) is 5.97. The first kappa shape index (κ1) is 16.5. The number of hydrogen-bond acceptors (Lipinski definition) is 4. The van der Waals surface area contributed by atoms with Crippen LogP contribution in [0, 0.1) is 5.82 Å². The van der Waals surface area contributed by atoms with Gasteiger partial charge in [-0.3, -0.25) is 11.3 Å². The molecule has 0 radical (unpaired) electrons. The van der Waals surface area contributed by atoms with Crippen LogP contribution in [0.25, 0.3) is 0 Å². The molecule has 2 aromatic rings. The molecule has 21 heavy (non-hydrogen) atoms. The highest BCUT2D eigenvalue weighted by molar-refractivity contribution is 9.10. The minimum absolute atomic E-state index is 0.0319. The van der Waals surface area contributed by atoms with Crippen molar-refractivity contribution in [3.63, 3.8) is 0 Å². The first-order valence-electron chi connectivity index (χ1n) is 6.67. The van der Waals surface area contributed by atoms with E-state index in [2.05, 4.69) is 52.5 Å². The summed E-state index contributed by atoms with van der Waals surface area (Å²) in [6.45, 7) is 6.40. The zero-order valence-corrected chi connectivity index (χ0v) is 14.7. The molecule has 1 unspecified atom stereocenters. The van der Waals surface area contributed by atoms with Gasteiger partial charge in [-0.15, -0.1) is 11.3 Å². The number of halogens is 2. The molecule has 2 rings (SSSR count). The average molecular weight is 372 g/mol. The fourth-order valence-corrected chi connectivity index (χ4v) is 3.24. The minimum Gasteiger partial charge on any atom is -0.271 e. The summed E-state index contributed by atoms with van der Waals surface area (Å²) in [5.74, 6) is 5.34. The minimum atomic E-state index is -0.290. The van der Waals surface area contributed by atoms with Crippen molar-refractivity contribution in [2.45, 2.75) is 38.6 Å². The van der Waals surface area contributed by atoms with Crippen molar-refractivity contribution in [1.82, 2.24) is 10.4 Å². The topological polar surface area (TPSA) is 50.9 Å². The SMILES string of the molecule is CC(C)(C)c1csc(CC(NN)c2ccc(Br)c(F)c2)n1. The van der Waals surface area contributed by atoms with E-state index >= 15 is 0 Å². The number of aromatic nitrogens is 1. The zero-order chi connectivity index (χ0) is 15.6. The van der Waals surface area contributed by atoms with E-state index in [1.165, 1.54) is 6.07 Å². The van der Waals surface area contributed by atoms with Gasteiger partial charge in [0, 0.05) is 17.2 Å². The summed E-state index contributed by atoms with van der Waals surface area (Å²) >= 11 is 4.77. The summed E-state index contributed by atoms with van der Waals surface area (Å²) in [7, 11) is 0. The molecular formula is C15H19BrFN3S. The summed E-state index contributed by atoms with van der Waals surface area (Å²) in [5, 5.41) is 3.07. The smallest absolute Gasteiger partial charge is 0.137 e. The maximum Gasteiger partial charge on any atom is 0.137 e. The summed E-state index contributed by atoms with van der Waals surface area (Å²) in [5.41, 5.74) is 4.66. The molecule has 0 aliphatic heterocycles. The van der Waals surface area contributed by atoms with Gasteiger partial charge in [-0.05, 0) is 33.6 Å². The number of nitrogens with two attached hydrogens (primary N) is 1. The number of hydrogen-bond donors (Lipinski definition) is 2. The summed E-state index contributed by atoms with van der Waals surface area (Å²) in [6, 6.07) is 4.88. The first-order valence-corrected chi connectivity index (χ1v) is 8.34. The lowest BCUT2D eigenvalue weighted by Gasteiger charge is -2.16. The molecule has 0 saturated heterocycles. The quantitative estimate of drug-likeness (QED) is 0.628. The van der Waals surface area contributed by atoms with Gasteiger partial charge in [0.15, 0.2) is 0 Å². The highest BCUT2D eigenvalue weighted by atomic mass is 79.9. The van der Waals surface area contributed by atoms with Gasteiger partial charge < -0.3 is 0 Å². The van der Waals surface area contributed by atoms with Gasteiger partial charge in [-0.25, -0.2) is 9.37 Å². The van der Waals surface area contributed by atoms with E-state index < -0.39 is 0 Å². The van der Waals surface area contributed by atoms with Crippen LogP contribution in [-0.4, -0.2) is 4.98 Å². The van der Waals surface area contributed by atoms with Crippen LogP contribution in [0.3, 0.4) is 0 Å². The predicted molar refractivity (Wildman–Crippen MR) is 88.7 cm³/mol. The Morgan fingerprint density at radius 1 is 1.43 bits per heavy atom. The van der Waals surface area contributed by atoms with Crippen molar-refractivity contribution in [2.75, 3.05) is 0 Å². The maximum atomic E-state index is 13.6. The highest BCUT2D eigenvalue weighted by Gasteiger charge is 2.19. The Balaban J connectivity index is 2.19. The fraction of sp³-hybridized carbons (Fsp3) is 0.400. The fourth-order valence-electron chi connectivity index (χ4n) is 1.93. The number of rotatable bonds is 4. The molecule has 1 heterocycles. The van der Waals surface area contributed by atoms with E-state index in [0.29, 0.717) is 10.9 Å². The van der Waals surface area contributed by atoms with Gasteiger partial charge in [-0.1, -0.05) is 26.8 Å². The second kappa shape index (κ2) is 6.52. The van der Waals surface area contributed by atoms with Crippen molar-refractivity contribution in [3.8, 4) is 0 Å². The largest absolute Gasteiger partial charge is 0.271 e. The molecule has 0 amide bonds. The van der Waals surface area contributed by atoms with E-state index in [0.717, 1.165) is 16.3 Å². The van der Waals surface area contributed by atoms with Crippen molar-refractivity contribution >= 4 is 27.3 Å². The standard InChI is InChI=1S/C15H19BrFN3S/c1-15(2,3)13-8-21-14(19-13)7-12(20-18)9-4-5-10(16)11(17)6-9/h4-6,8,12,20H,7,18H2,1-3H3. The number of hydrazine groups is 1. The Bertz CT molecular complexity index is 622. The predicted octanol–water partition coefficient (Wildman–Crippen LogP) is 4.09. The lowest BCUT2D eigenvalue weighted by molar-refractivity contribution is 0.535. The monoisotopic (exact) mass is 371 g/mol. The van der Waals surface area contributed by atoms with Gasteiger partial charge in [-0.2, -0.15) is 0 Å². The molecule has 6 heteroatoms. The molecular weight excluding hydrogens is 353 g/mol. The van der Waals surface area contributed by atoms with Crippen LogP contribution in [0.15, 0.2) is 28.1 Å². The third-order valence-electron chi connectivity index (χ3n) is 3.25. The molecule has 0 aliphatic rings. The van der Waals surface area contributed by atoms with Crippen LogP contribution in [0.5, 0.6) is 0 Å². The van der Waals surface area contributed by atoms with Crippen LogP contribution in [0.4, 0.5) is 4.39 Å². The highest BCUT2D eigenvalue weighted by Crippen LogP contribution is 2.27. The number of thiazole rings is 1. The Labute approximate surface area is 136 Å². The molecule has 0 saturated carbocycles. The van der Waals surface area contributed by atoms with Gasteiger partial charge in [0.05, 0.1) is 21.2 Å². The summed E-state index contributed by atoms with van der Waals surface area (Å²) in [6.07, 6.45) is 0.637. The first-order chi connectivity index (χ1) is 9.81. The Morgan fingerprint density at radius 2 is 2.14 bits per heavy atom. The Morgan fingerprint density at radius 3 is 2.67 bits per heavy atom. The molecule has 114 valence electrons. The molecule has 0 aliphatic carbocycles. The Kier molecular flexibility index (Phi) is 5.14. The normalized spacial score (nSPS) is 13.4. The molecule has 3 N–H and O–H groups in total. The van der Waals surface area contributed by atoms with Crippen molar-refractivity contribution < 1.29 is 4.39 Å². The van der Waals surface area contributed by atoms with Crippen molar-refractivity contribution in [1.29, 1.82) is 0 Å². The lowest BCUT2D eigenvalue weighted by Crippen LogP contribution is -2.29. The van der Waals surface area contributed by atoms with E-state index in [1.807, 2.05) is 6.07 Å². The second-order valence-corrected chi connectivity index (χ2v) is 7.77. The summed E-state index contributed by atoms with van der Waals surface area (Å²) < 4.78 is 14.1. The third-order valence-corrected chi connectivity index (χ3v) is 4.76. The van der Waals surface area contributed by atoms with Crippen molar-refractivity contribution in [3.05, 3.63) is 50.1 Å². The van der Waals surface area contributed by atoms with Crippen LogP contribution in [-0.2, 0) is 11.8 Å². The molecule has 1 aromatic carbocycles. The van der Waals surface area contributed by atoms with E-state index in [4.69, 9.17) is 5.84 Å². The number of nitrogens with one attached hydrogen (secondary N) is 1. The maximum absolute atomic E-state index is 13.6. The van der Waals surface area contributed by atoms with Crippen LogP contribution in [0.1, 0.15) is 43.1 Å². The van der Waals surface area contributed by atoms with Crippen LogP contribution < -0.4 is 11.3 Å². The average Bonchev–Trinajstić information content (AvgIpc) is 2.88.